The summed E-state index contributed by atoms with van der Waals surface area (Å²) in [5.74, 6) is 0.567. The third-order valence-corrected chi connectivity index (χ3v) is 3.78. The van der Waals surface area contributed by atoms with Crippen molar-refractivity contribution in [2.45, 2.75) is 6.54 Å². The van der Waals surface area contributed by atoms with E-state index in [1.165, 1.54) is 5.56 Å². The zero-order valence-electron chi connectivity index (χ0n) is 10.9. The number of nitrogens with zero attached hydrogens (tertiary/aromatic N) is 2. The summed E-state index contributed by atoms with van der Waals surface area (Å²) in [5.41, 5.74) is 4.25. The predicted molar refractivity (Wildman–Crippen MR) is 81.2 cm³/mol. The lowest BCUT2D eigenvalue weighted by Crippen LogP contribution is -2.23. The van der Waals surface area contributed by atoms with Gasteiger partial charge in [-0.25, -0.2) is 0 Å². The van der Waals surface area contributed by atoms with Crippen LogP contribution in [0.4, 0.5) is 5.69 Å². The van der Waals surface area contributed by atoms with E-state index in [0.717, 1.165) is 28.7 Å². The SMILES string of the molecule is N=C1c2ccccc2CN1c1cccc2ncccc12. The minimum atomic E-state index is 0.567. The first-order valence-corrected chi connectivity index (χ1v) is 6.63. The molecule has 3 aromatic rings. The fourth-order valence-electron chi connectivity index (χ4n) is 2.81. The second-order valence-corrected chi connectivity index (χ2v) is 4.94. The van der Waals surface area contributed by atoms with Gasteiger partial charge in [0.1, 0.15) is 5.84 Å². The van der Waals surface area contributed by atoms with Crippen LogP contribution < -0.4 is 4.90 Å². The zero-order chi connectivity index (χ0) is 13.5. The molecule has 0 radical (unpaired) electrons. The van der Waals surface area contributed by atoms with Crippen LogP contribution in [0.5, 0.6) is 0 Å². The topological polar surface area (TPSA) is 40.0 Å². The van der Waals surface area contributed by atoms with Crippen LogP contribution in [0.25, 0.3) is 10.9 Å². The van der Waals surface area contributed by atoms with Crippen LogP contribution in [-0.2, 0) is 6.54 Å². The van der Waals surface area contributed by atoms with Gasteiger partial charge in [-0.2, -0.15) is 0 Å². The highest BCUT2D eigenvalue weighted by molar-refractivity contribution is 6.14. The highest BCUT2D eigenvalue weighted by atomic mass is 15.2. The van der Waals surface area contributed by atoms with Crippen LogP contribution in [0.1, 0.15) is 11.1 Å². The van der Waals surface area contributed by atoms with Gasteiger partial charge in [0.2, 0.25) is 0 Å². The van der Waals surface area contributed by atoms with Crippen molar-refractivity contribution >= 4 is 22.4 Å². The molecular weight excluding hydrogens is 246 g/mol. The zero-order valence-corrected chi connectivity index (χ0v) is 10.9. The second kappa shape index (κ2) is 4.17. The largest absolute Gasteiger partial charge is 0.321 e. The molecule has 1 aliphatic rings. The Balaban J connectivity index is 1.88. The minimum Gasteiger partial charge on any atom is -0.321 e. The Morgan fingerprint density at radius 2 is 1.85 bits per heavy atom. The van der Waals surface area contributed by atoms with E-state index >= 15 is 0 Å². The van der Waals surface area contributed by atoms with Crippen LogP contribution in [-0.4, -0.2) is 10.8 Å². The number of pyridine rings is 1. The summed E-state index contributed by atoms with van der Waals surface area (Å²) >= 11 is 0. The number of benzene rings is 2. The number of nitrogens with one attached hydrogen (secondary N) is 1. The van der Waals surface area contributed by atoms with Crippen LogP contribution in [0.2, 0.25) is 0 Å². The second-order valence-electron chi connectivity index (χ2n) is 4.94. The van der Waals surface area contributed by atoms with E-state index in [9.17, 15) is 0 Å². The molecule has 0 unspecified atom stereocenters. The molecule has 1 aromatic heterocycles. The average molecular weight is 259 g/mol. The van der Waals surface area contributed by atoms with E-state index in [2.05, 4.69) is 28.1 Å². The van der Waals surface area contributed by atoms with E-state index in [4.69, 9.17) is 5.41 Å². The number of rotatable bonds is 1. The first-order valence-electron chi connectivity index (χ1n) is 6.63. The summed E-state index contributed by atoms with van der Waals surface area (Å²) in [5, 5.41) is 9.50. The molecule has 2 heterocycles. The number of amidine groups is 1. The molecule has 1 aliphatic heterocycles. The van der Waals surface area contributed by atoms with Crippen molar-refractivity contribution in [2.75, 3.05) is 4.90 Å². The molecule has 0 spiro atoms. The van der Waals surface area contributed by atoms with Gasteiger partial charge < -0.3 is 4.90 Å². The van der Waals surface area contributed by atoms with E-state index < -0.39 is 0 Å². The van der Waals surface area contributed by atoms with E-state index in [0.29, 0.717) is 5.84 Å². The third-order valence-electron chi connectivity index (χ3n) is 3.78. The van der Waals surface area contributed by atoms with Crippen molar-refractivity contribution < 1.29 is 0 Å². The standard InChI is InChI=1S/C17H13N3/c18-17-13-6-2-1-5-12(13)11-20(17)16-9-3-8-15-14(16)7-4-10-19-15/h1-10,18H,11H2. The molecule has 3 heteroatoms. The fraction of sp³-hybridized carbons (Fsp3) is 0.0588. The number of aromatic nitrogens is 1. The molecule has 0 fully saturated rings. The maximum absolute atomic E-state index is 8.41. The lowest BCUT2D eigenvalue weighted by Gasteiger charge is -2.19. The predicted octanol–water partition coefficient (Wildman–Crippen LogP) is 3.58. The maximum Gasteiger partial charge on any atom is 0.133 e. The Bertz CT molecular complexity index is 818. The van der Waals surface area contributed by atoms with Crippen molar-refractivity contribution in [2.24, 2.45) is 0 Å². The molecule has 96 valence electrons. The number of fused-ring (bicyclic) bond motifs is 2. The van der Waals surface area contributed by atoms with Gasteiger partial charge in [-0.05, 0) is 29.8 Å². The smallest absolute Gasteiger partial charge is 0.133 e. The van der Waals surface area contributed by atoms with Crippen LogP contribution >= 0.6 is 0 Å². The van der Waals surface area contributed by atoms with Crippen molar-refractivity contribution in [3.8, 4) is 0 Å². The molecule has 2 aromatic carbocycles. The summed E-state index contributed by atoms with van der Waals surface area (Å²) < 4.78 is 0. The Morgan fingerprint density at radius 3 is 2.75 bits per heavy atom. The molecule has 0 amide bonds. The lowest BCUT2D eigenvalue weighted by atomic mass is 10.1. The normalized spacial score (nSPS) is 13.8. The Hall–Kier alpha value is -2.68. The van der Waals surface area contributed by atoms with Crippen molar-refractivity contribution in [3.63, 3.8) is 0 Å². The number of anilines is 1. The first kappa shape index (κ1) is 11.2. The fourth-order valence-corrected chi connectivity index (χ4v) is 2.81. The summed E-state index contributed by atoms with van der Waals surface area (Å²) in [6.07, 6.45) is 1.80. The van der Waals surface area contributed by atoms with Gasteiger partial charge in [0.05, 0.1) is 17.7 Å². The van der Waals surface area contributed by atoms with E-state index in [1.807, 2.05) is 36.4 Å². The van der Waals surface area contributed by atoms with E-state index in [-0.39, 0.29) is 0 Å². The molecule has 0 bridgehead atoms. The maximum atomic E-state index is 8.41. The molecule has 0 saturated carbocycles. The van der Waals surface area contributed by atoms with Gasteiger partial charge in [-0.1, -0.05) is 30.3 Å². The first-order chi connectivity index (χ1) is 9.84. The lowest BCUT2D eigenvalue weighted by molar-refractivity contribution is 1.05. The van der Waals surface area contributed by atoms with Gasteiger partial charge in [0, 0.05) is 17.1 Å². The Kier molecular flexibility index (Phi) is 2.33. The Labute approximate surface area is 117 Å². The molecular formula is C17H13N3. The number of hydrogen-bond donors (Lipinski definition) is 1. The molecule has 3 nitrogen and oxygen atoms in total. The van der Waals surface area contributed by atoms with Crippen LogP contribution in [0.15, 0.2) is 60.8 Å². The average Bonchev–Trinajstić information content (AvgIpc) is 2.84. The summed E-state index contributed by atoms with van der Waals surface area (Å²) in [7, 11) is 0. The van der Waals surface area contributed by atoms with Crippen molar-refractivity contribution in [3.05, 3.63) is 71.9 Å². The highest BCUT2D eigenvalue weighted by Crippen LogP contribution is 2.32. The summed E-state index contributed by atoms with van der Waals surface area (Å²) in [6, 6.07) is 18.2. The summed E-state index contributed by atoms with van der Waals surface area (Å²) in [4.78, 5) is 6.44. The van der Waals surface area contributed by atoms with Crippen molar-refractivity contribution in [1.82, 2.24) is 4.98 Å². The molecule has 0 aliphatic carbocycles. The molecule has 0 atom stereocenters. The summed E-state index contributed by atoms with van der Waals surface area (Å²) in [6.45, 7) is 0.753. The van der Waals surface area contributed by atoms with Crippen molar-refractivity contribution in [1.29, 1.82) is 5.41 Å². The molecule has 1 N–H and O–H groups in total. The number of hydrogen-bond acceptors (Lipinski definition) is 2. The highest BCUT2D eigenvalue weighted by Gasteiger charge is 2.25. The quantitative estimate of drug-likeness (QED) is 0.725. The van der Waals surface area contributed by atoms with Gasteiger partial charge in [-0.15, -0.1) is 0 Å². The van der Waals surface area contributed by atoms with Gasteiger partial charge >= 0.3 is 0 Å². The van der Waals surface area contributed by atoms with Crippen LogP contribution in [0.3, 0.4) is 0 Å². The van der Waals surface area contributed by atoms with E-state index in [1.54, 1.807) is 6.20 Å². The molecule has 20 heavy (non-hydrogen) atoms. The van der Waals surface area contributed by atoms with Crippen LogP contribution in [0, 0.1) is 5.41 Å². The molecule has 4 rings (SSSR count). The monoisotopic (exact) mass is 259 g/mol. The van der Waals surface area contributed by atoms with Gasteiger partial charge in [0.15, 0.2) is 0 Å². The van der Waals surface area contributed by atoms with Gasteiger partial charge in [-0.3, -0.25) is 10.4 Å². The molecule has 0 saturated heterocycles. The third kappa shape index (κ3) is 1.53. The van der Waals surface area contributed by atoms with Gasteiger partial charge in [0.25, 0.3) is 0 Å². The Morgan fingerprint density at radius 1 is 0.950 bits per heavy atom. The minimum absolute atomic E-state index is 0.567.